The van der Waals surface area contributed by atoms with Crippen LogP contribution in [0.2, 0.25) is 0 Å². The molecule has 1 amide bonds. The number of nitrogens with zero attached hydrogens (tertiary/aromatic N) is 2. The highest BCUT2D eigenvalue weighted by Gasteiger charge is 2.34. The number of pyridine rings is 1. The number of amides is 1. The van der Waals surface area contributed by atoms with E-state index in [1.165, 1.54) is 12.8 Å². The van der Waals surface area contributed by atoms with Crippen molar-refractivity contribution < 1.29 is 9.90 Å². The number of benzene rings is 1. The Labute approximate surface area is 166 Å². The number of β-amino-alcohol motifs (C(OH)–C–C–N with tert-alkyl or cyclic N) is 1. The monoisotopic (exact) mass is 397 g/mol. The van der Waals surface area contributed by atoms with Crippen LogP contribution in [-0.4, -0.2) is 52.7 Å². The fraction of sp³-hybridized carbons (Fsp3) is 0.474. The highest BCUT2D eigenvalue weighted by atomic mass is 35.5. The van der Waals surface area contributed by atoms with E-state index in [4.69, 9.17) is 0 Å². The molecule has 0 radical (unpaired) electrons. The second-order valence-corrected chi connectivity index (χ2v) is 6.98. The minimum absolute atomic E-state index is 0. The molecule has 1 aliphatic carbocycles. The average molecular weight is 398 g/mol. The Morgan fingerprint density at radius 3 is 2.69 bits per heavy atom. The molecule has 0 spiro atoms. The van der Waals surface area contributed by atoms with Crippen molar-refractivity contribution in [1.82, 2.24) is 15.2 Å². The van der Waals surface area contributed by atoms with Gasteiger partial charge in [-0.25, -0.2) is 0 Å². The third-order valence-corrected chi connectivity index (χ3v) is 5.01. The topological polar surface area (TPSA) is 65.5 Å². The number of para-hydroxylation sites is 1. The van der Waals surface area contributed by atoms with Crippen LogP contribution >= 0.6 is 24.8 Å². The molecule has 2 aliphatic rings. The molecule has 142 valence electrons. The smallest absolute Gasteiger partial charge is 0.236 e. The number of likely N-dealkylation sites (tertiary alicyclic amines) is 1. The van der Waals surface area contributed by atoms with E-state index in [2.05, 4.69) is 16.4 Å². The molecule has 1 aromatic heterocycles. The van der Waals surface area contributed by atoms with Gasteiger partial charge >= 0.3 is 0 Å². The number of nitrogens with one attached hydrogen (secondary N) is 1. The fourth-order valence-electron chi connectivity index (χ4n) is 3.38. The van der Waals surface area contributed by atoms with Gasteiger partial charge in [0.05, 0.1) is 18.2 Å². The Balaban J connectivity index is 0.00000121. The van der Waals surface area contributed by atoms with Crippen molar-refractivity contribution in [3.05, 3.63) is 42.1 Å². The standard InChI is InChI=1S/C19H23N3O2.2ClH/c23-18-12-22(19(24)10-20-15-7-8-15)11-14(18)9-16-6-5-13-3-1-2-4-17(13)21-16;;/h1-6,14-15,18,20,23H,7-12H2;2*1H/t14-,18-;;/m1../s1. The molecular formula is C19H25Cl2N3O2. The number of carbonyl (C=O) groups is 1. The lowest BCUT2D eigenvalue weighted by Gasteiger charge is -2.16. The molecule has 2 fully saturated rings. The Morgan fingerprint density at radius 2 is 1.92 bits per heavy atom. The van der Waals surface area contributed by atoms with E-state index >= 15 is 0 Å². The van der Waals surface area contributed by atoms with E-state index in [0.29, 0.717) is 32.1 Å². The van der Waals surface area contributed by atoms with Crippen molar-refractivity contribution in [2.45, 2.75) is 31.4 Å². The maximum Gasteiger partial charge on any atom is 0.236 e. The van der Waals surface area contributed by atoms with Gasteiger partial charge in [-0.15, -0.1) is 24.8 Å². The summed E-state index contributed by atoms with van der Waals surface area (Å²) in [6.45, 7) is 1.43. The minimum Gasteiger partial charge on any atom is -0.391 e. The van der Waals surface area contributed by atoms with Crippen LogP contribution in [0.15, 0.2) is 36.4 Å². The minimum atomic E-state index is -0.469. The van der Waals surface area contributed by atoms with Crippen LogP contribution in [0.5, 0.6) is 0 Å². The summed E-state index contributed by atoms with van der Waals surface area (Å²) >= 11 is 0. The third kappa shape index (κ3) is 4.86. The van der Waals surface area contributed by atoms with Crippen LogP contribution in [0, 0.1) is 5.92 Å². The third-order valence-electron chi connectivity index (χ3n) is 5.01. The van der Waals surface area contributed by atoms with Crippen molar-refractivity contribution in [2.75, 3.05) is 19.6 Å². The summed E-state index contributed by atoms with van der Waals surface area (Å²) in [6, 6.07) is 12.7. The summed E-state index contributed by atoms with van der Waals surface area (Å²) < 4.78 is 0. The number of hydrogen-bond donors (Lipinski definition) is 2. The van der Waals surface area contributed by atoms with E-state index in [1.54, 1.807) is 4.90 Å². The molecule has 4 rings (SSSR count). The first kappa shape index (κ1) is 20.9. The van der Waals surface area contributed by atoms with Crippen LogP contribution in [0.3, 0.4) is 0 Å². The van der Waals surface area contributed by atoms with E-state index in [0.717, 1.165) is 16.6 Å². The van der Waals surface area contributed by atoms with Crippen molar-refractivity contribution in [2.24, 2.45) is 5.92 Å². The number of halogens is 2. The zero-order chi connectivity index (χ0) is 16.5. The second-order valence-electron chi connectivity index (χ2n) is 6.98. The first-order chi connectivity index (χ1) is 11.7. The normalized spacial score (nSPS) is 22.0. The molecule has 2 N–H and O–H groups in total. The zero-order valence-electron chi connectivity index (χ0n) is 14.5. The SMILES string of the molecule is Cl.Cl.O=C(CNC1CC1)N1C[C@@H](Cc2ccc3ccccc3n2)[C@H](O)C1. The van der Waals surface area contributed by atoms with Crippen LogP contribution in [-0.2, 0) is 11.2 Å². The second kappa shape index (κ2) is 9.00. The summed E-state index contributed by atoms with van der Waals surface area (Å²) in [4.78, 5) is 18.7. The lowest BCUT2D eigenvalue weighted by molar-refractivity contribution is -0.129. The lowest BCUT2D eigenvalue weighted by Crippen LogP contribution is -2.38. The largest absolute Gasteiger partial charge is 0.391 e. The molecule has 2 atom stereocenters. The molecule has 1 saturated carbocycles. The Kier molecular flexibility index (Phi) is 7.24. The number of rotatable bonds is 5. The molecule has 1 saturated heterocycles. The van der Waals surface area contributed by atoms with Crippen molar-refractivity contribution in [3.63, 3.8) is 0 Å². The van der Waals surface area contributed by atoms with Gasteiger partial charge in [0.1, 0.15) is 0 Å². The van der Waals surface area contributed by atoms with Gasteiger partial charge in [-0.05, 0) is 31.4 Å². The number of hydrogen-bond acceptors (Lipinski definition) is 4. The van der Waals surface area contributed by atoms with E-state index in [9.17, 15) is 9.90 Å². The zero-order valence-corrected chi connectivity index (χ0v) is 16.1. The highest BCUT2D eigenvalue weighted by molar-refractivity contribution is 5.85. The van der Waals surface area contributed by atoms with Crippen molar-refractivity contribution >= 4 is 41.6 Å². The van der Waals surface area contributed by atoms with E-state index < -0.39 is 6.10 Å². The molecule has 7 heteroatoms. The van der Waals surface area contributed by atoms with Crippen LogP contribution in [0.25, 0.3) is 10.9 Å². The quantitative estimate of drug-likeness (QED) is 0.811. The Morgan fingerprint density at radius 1 is 1.15 bits per heavy atom. The van der Waals surface area contributed by atoms with Crippen molar-refractivity contribution in [3.8, 4) is 0 Å². The number of fused-ring (bicyclic) bond motifs is 1. The molecular weight excluding hydrogens is 373 g/mol. The van der Waals surface area contributed by atoms with Gasteiger partial charge < -0.3 is 15.3 Å². The van der Waals surface area contributed by atoms with Crippen LogP contribution < -0.4 is 5.32 Å². The molecule has 1 aliphatic heterocycles. The summed E-state index contributed by atoms with van der Waals surface area (Å²) in [5, 5.41) is 14.7. The van der Waals surface area contributed by atoms with Crippen molar-refractivity contribution in [1.29, 1.82) is 0 Å². The fourth-order valence-corrected chi connectivity index (χ4v) is 3.38. The summed E-state index contributed by atoms with van der Waals surface area (Å²) in [7, 11) is 0. The van der Waals surface area contributed by atoms with Gasteiger partial charge in [0.25, 0.3) is 0 Å². The molecule has 5 nitrogen and oxygen atoms in total. The molecule has 0 unspecified atom stereocenters. The number of aromatic nitrogens is 1. The molecule has 2 heterocycles. The van der Waals surface area contributed by atoms with Crippen LogP contribution in [0.1, 0.15) is 18.5 Å². The first-order valence-electron chi connectivity index (χ1n) is 8.73. The summed E-state index contributed by atoms with van der Waals surface area (Å²) in [5.74, 6) is 0.151. The number of carbonyl (C=O) groups excluding carboxylic acids is 1. The van der Waals surface area contributed by atoms with E-state index in [1.807, 2.05) is 30.3 Å². The van der Waals surface area contributed by atoms with Gasteiger partial charge in [-0.3, -0.25) is 9.78 Å². The highest BCUT2D eigenvalue weighted by Crippen LogP contribution is 2.23. The van der Waals surface area contributed by atoms with Gasteiger partial charge in [0.2, 0.25) is 5.91 Å². The Bertz CT molecular complexity index is 754. The predicted molar refractivity (Wildman–Crippen MR) is 107 cm³/mol. The maximum absolute atomic E-state index is 12.2. The first-order valence-corrected chi connectivity index (χ1v) is 8.73. The molecule has 1 aromatic carbocycles. The Hall–Kier alpha value is -1.40. The number of aliphatic hydroxyl groups excluding tert-OH is 1. The predicted octanol–water partition coefficient (Wildman–Crippen LogP) is 2.19. The summed E-state index contributed by atoms with van der Waals surface area (Å²) in [6.07, 6.45) is 2.58. The van der Waals surface area contributed by atoms with Gasteiger partial charge in [-0.2, -0.15) is 0 Å². The lowest BCUT2D eigenvalue weighted by atomic mass is 9.99. The molecule has 26 heavy (non-hydrogen) atoms. The molecule has 0 bridgehead atoms. The summed E-state index contributed by atoms with van der Waals surface area (Å²) in [5.41, 5.74) is 1.95. The van der Waals surface area contributed by atoms with Crippen LogP contribution in [0.4, 0.5) is 0 Å². The number of aliphatic hydroxyl groups is 1. The van der Waals surface area contributed by atoms with Gasteiger partial charge in [-0.1, -0.05) is 24.3 Å². The van der Waals surface area contributed by atoms with Gasteiger partial charge in [0, 0.05) is 36.1 Å². The maximum atomic E-state index is 12.2. The average Bonchev–Trinajstić information content (AvgIpc) is 3.36. The molecule has 2 aromatic rings. The van der Waals surface area contributed by atoms with Gasteiger partial charge in [0.15, 0.2) is 0 Å². The van der Waals surface area contributed by atoms with E-state index in [-0.39, 0.29) is 36.6 Å².